The van der Waals surface area contributed by atoms with Crippen LogP contribution in [0.4, 0.5) is 0 Å². The Morgan fingerprint density at radius 2 is 2.33 bits per heavy atom. The summed E-state index contributed by atoms with van der Waals surface area (Å²) in [7, 11) is 0. The van der Waals surface area contributed by atoms with Crippen molar-refractivity contribution in [1.82, 2.24) is 4.90 Å². The van der Waals surface area contributed by atoms with E-state index < -0.39 is 0 Å². The lowest BCUT2D eigenvalue weighted by atomic mass is 9.95. The molecule has 1 rings (SSSR count). The van der Waals surface area contributed by atoms with Gasteiger partial charge in [0.1, 0.15) is 0 Å². The Hall–Kier alpha value is -0.0800. The summed E-state index contributed by atoms with van der Waals surface area (Å²) in [4.78, 5) is 2.53. The van der Waals surface area contributed by atoms with Crippen LogP contribution in [0, 0.1) is 5.92 Å². The van der Waals surface area contributed by atoms with Crippen LogP contribution in [0.15, 0.2) is 0 Å². The van der Waals surface area contributed by atoms with Gasteiger partial charge in [0, 0.05) is 13.2 Å². The van der Waals surface area contributed by atoms with Gasteiger partial charge in [0.15, 0.2) is 0 Å². The van der Waals surface area contributed by atoms with Gasteiger partial charge in [-0.15, -0.1) is 0 Å². The second-order valence-corrected chi connectivity index (χ2v) is 3.82. The monoisotopic (exact) mass is 171 g/mol. The summed E-state index contributed by atoms with van der Waals surface area (Å²) < 4.78 is 0. The van der Waals surface area contributed by atoms with Crippen molar-refractivity contribution in [1.29, 1.82) is 0 Å². The Labute approximate surface area is 75.6 Å². The molecule has 0 saturated carbocycles. The van der Waals surface area contributed by atoms with Gasteiger partial charge in [0.2, 0.25) is 0 Å². The Morgan fingerprint density at radius 1 is 1.50 bits per heavy atom. The highest BCUT2D eigenvalue weighted by molar-refractivity contribution is 4.72. The van der Waals surface area contributed by atoms with Crippen LogP contribution in [-0.2, 0) is 0 Å². The van der Waals surface area contributed by atoms with E-state index in [0.717, 1.165) is 12.3 Å². The number of aliphatic hydroxyl groups excluding tert-OH is 1. The molecule has 0 radical (unpaired) electrons. The normalized spacial score (nSPS) is 26.0. The largest absolute Gasteiger partial charge is 0.396 e. The quantitative estimate of drug-likeness (QED) is 0.692. The third kappa shape index (κ3) is 3.11. The molecule has 0 aliphatic carbocycles. The molecule has 72 valence electrons. The molecule has 1 unspecified atom stereocenters. The van der Waals surface area contributed by atoms with E-state index in [0.29, 0.717) is 6.61 Å². The molecule has 1 atom stereocenters. The van der Waals surface area contributed by atoms with Crippen LogP contribution in [0.5, 0.6) is 0 Å². The van der Waals surface area contributed by atoms with Gasteiger partial charge in [0.05, 0.1) is 0 Å². The van der Waals surface area contributed by atoms with E-state index in [-0.39, 0.29) is 0 Å². The molecular formula is C10H21NO. The summed E-state index contributed by atoms with van der Waals surface area (Å²) in [5, 5.41) is 8.82. The second-order valence-electron chi connectivity index (χ2n) is 3.82. The van der Waals surface area contributed by atoms with Gasteiger partial charge in [-0.25, -0.2) is 0 Å². The highest BCUT2D eigenvalue weighted by Gasteiger charge is 2.18. The van der Waals surface area contributed by atoms with Gasteiger partial charge in [0.25, 0.3) is 0 Å². The maximum Gasteiger partial charge on any atom is 0.0434 e. The fourth-order valence-corrected chi connectivity index (χ4v) is 2.09. The van der Waals surface area contributed by atoms with Crippen molar-refractivity contribution in [2.24, 2.45) is 5.92 Å². The minimum Gasteiger partial charge on any atom is -0.396 e. The average molecular weight is 171 g/mol. The summed E-state index contributed by atoms with van der Waals surface area (Å²) in [6.45, 7) is 6.33. The minimum absolute atomic E-state index is 0.366. The van der Waals surface area contributed by atoms with Crippen molar-refractivity contribution < 1.29 is 5.11 Å². The zero-order chi connectivity index (χ0) is 8.81. The van der Waals surface area contributed by atoms with Crippen molar-refractivity contribution >= 4 is 0 Å². The number of rotatable bonds is 4. The smallest absolute Gasteiger partial charge is 0.0434 e. The van der Waals surface area contributed by atoms with Crippen LogP contribution in [-0.4, -0.2) is 36.2 Å². The first-order valence-corrected chi connectivity index (χ1v) is 5.20. The van der Waals surface area contributed by atoms with Gasteiger partial charge in [-0.2, -0.15) is 0 Å². The number of nitrogens with zero attached hydrogens (tertiary/aromatic N) is 1. The fraction of sp³-hybridized carbons (Fsp3) is 1.00. The van der Waals surface area contributed by atoms with Gasteiger partial charge in [-0.1, -0.05) is 6.92 Å². The number of aliphatic hydroxyl groups is 1. The van der Waals surface area contributed by atoms with Gasteiger partial charge >= 0.3 is 0 Å². The Balaban J connectivity index is 2.20. The third-order valence-electron chi connectivity index (χ3n) is 2.68. The predicted molar refractivity (Wildman–Crippen MR) is 51.2 cm³/mol. The van der Waals surface area contributed by atoms with Crippen LogP contribution in [0.2, 0.25) is 0 Å². The molecular weight excluding hydrogens is 150 g/mol. The molecule has 0 aromatic heterocycles. The van der Waals surface area contributed by atoms with Crippen molar-refractivity contribution in [3.8, 4) is 0 Å². The molecule has 0 bridgehead atoms. The van der Waals surface area contributed by atoms with E-state index in [4.69, 9.17) is 5.11 Å². The molecule has 2 nitrogen and oxygen atoms in total. The molecule has 12 heavy (non-hydrogen) atoms. The average Bonchev–Trinajstić information content (AvgIpc) is 2.06. The lowest BCUT2D eigenvalue weighted by molar-refractivity contribution is 0.148. The zero-order valence-corrected chi connectivity index (χ0v) is 8.13. The molecule has 1 fully saturated rings. The first kappa shape index (κ1) is 10.0. The molecule has 0 spiro atoms. The first-order chi connectivity index (χ1) is 5.86. The van der Waals surface area contributed by atoms with E-state index >= 15 is 0 Å². The van der Waals surface area contributed by atoms with Crippen molar-refractivity contribution in [2.75, 3.05) is 26.2 Å². The topological polar surface area (TPSA) is 23.5 Å². The molecule has 2 heteroatoms. The number of likely N-dealkylation sites (tertiary alicyclic amines) is 1. The molecule has 1 aliphatic heterocycles. The van der Waals surface area contributed by atoms with E-state index in [9.17, 15) is 0 Å². The predicted octanol–water partition coefficient (Wildman–Crippen LogP) is 1.49. The molecule has 1 heterocycles. The number of piperidine rings is 1. The van der Waals surface area contributed by atoms with Crippen LogP contribution in [0.3, 0.4) is 0 Å². The van der Waals surface area contributed by atoms with Gasteiger partial charge in [-0.05, 0) is 44.7 Å². The Morgan fingerprint density at radius 3 is 3.00 bits per heavy atom. The van der Waals surface area contributed by atoms with Crippen LogP contribution in [0.1, 0.15) is 32.6 Å². The van der Waals surface area contributed by atoms with Crippen molar-refractivity contribution in [2.45, 2.75) is 32.6 Å². The summed E-state index contributed by atoms with van der Waals surface area (Å²) in [5.41, 5.74) is 0. The molecule has 0 aromatic rings. The number of hydrogen-bond donors (Lipinski definition) is 1. The molecule has 1 aliphatic rings. The van der Waals surface area contributed by atoms with E-state index in [1.54, 1.807) is 0 Å². The van der Waals surface area contributed by atoms with Crippen LogP contribution < -0.4 is 0 Å². The van der Waals surface area contributed by atoms with Gasteiger partial charge in [-0.3, -0.25) is 0 Å². The lowest BCUT2D eigenvalue weighted by Crippen LogP contribution is -2.36. The fourth-order valence-electron chi connectivity index (χ4n) is 2.09. The van der Waals surface area contributed by atoms with E-state index in [1.165, 1.54) is 38.9 Å². The second kappa shape index (κ2) is 5.55. The summed E-state index contributed by atoms with van der Waals surface area (Å²) in [5.74, 6) is 0.760. The van der Waals surface area contributed by atoms with Crippen LogP contribution >= 0.6 is 0 Å². The lowest BCUT2D eigenvalue weighted by Gasteiger charge is -2.32. The SMILES string of the molecule is CCCN1CCCC(CCO)C1. The van der Waals surface area contributed by atoms with Gasteiger partial charge < -0.3 is 10.0 Å². The van der Waals surface area contributed by atoms with Crippen LogP contribution in [0.25, 0.3) is 0 Å². The summed E-state index contributed by atoms with van der Waals surface area (Å²) >= 11 is 0. The van der Waals surface area contributed by atoms with Crippen molar-refractivity contribution in [3.05, 3.63) is 0 Å². The maximum absolute atomic E-state index is 8.82. The van der Waals surface area contributed by atoms with Crippen molar-refractivity contribution in [3.63, 3.8) is 0 Å². The molecule has 0 aromatic carbocycles. The number of hydrogen-bond acceptors (Lipinski definition) is 2. The minimum atomic E-state index is 0.366. The first-order valence-electron chi connectivity index (χ1n) is 5.20. The highest BCUT2D eigenvalue weighted by atomic mass is 16.3. The zero-order valence-electron chi connectivity index (χ0n) is 8.13. The molecule has 1 N–H and O–H groups in total. The Kier molecular flexibility index (Phi) is 4.62. The molecule has 0 amide bonds. The van der Waals surface area contributed by atoms with E-state index in [2.05, 4.69) is 11.8 Å². The summed E-state index contributed by atoms with van der Waals surface area (Å²) in [6.07, 6.45) is 4.90. The summed E-state index contributed by atoms with van der Waals surface area (Å²) in [6, 6.07) is 0. The molecule has 1 saturated heterocycles. The van der Waals surface area contributed by atoms with E-state index in [1.807, 2.05) is 0 Å². The Bertz CT molecular complexity index is 100. The standard InChI is InChI=1S/C10H21NO/c1-2-6-11-7-3-4-10(9-11)5-8-12/h10,12H,2-9H2,1H3. The third-order valence-corrected chi connectivity index (χ3v) is 2.68. The highest BCUT2D eigenvalue weighted by Crippen LogP contribution is 2.18. The maximum atomic E-state index is 8.82.